The van der Waals surface area contributed by atoms with Gasteiger partial charge in [0.15, 0.2) is 0 Å². The molecule has 0 aromatic heterocycles. The summed E-state index contributed by atoms with van der Waals surface area (Å²) in [6, 6.07) is 0. The molecule has 1 aliphatic heterocycles. The molecule has 0 amide bonds. The third-order valence-corrected chi connectivity index (χ3v) is 13.2. The Morgan fingerprint density at radius 2 is 1.62 bits per heavy atom. The molecule has 1 saturated heterocycles. The molecule has 8 aliphatic rings. The highest BCUT2D eigenvalue weighted by Crippen LogP contribution is 2.59. The quantitative estimate of drug-likeness (QED) is 0.222. The summed E-state index contributed by atoms with van der Waals surface area (Å²) in [7, 11) is 0. The molecule has 10 unspecified atom stereocenters. The third kappa shape index (κ3) is 5.71. The summed E-state index contributed by atoms with van der Waals surface area (Å²) in [4.78, 5) is 53.4. The van der Waals surface area contributed by atoms with Gasteiger partial charge in [0.1, 0.15) is 23.4 Å². The van der Waals surface area contributed by atoms with Gasteiger partial charge in [0.2, 0.25) is 0 Å². The zero-order valence-electron chi connectivity index (χ0n) is 27.3. The van der Waals surface area contributed by atoms with E-state index >= 15 is 0 Å². The molecule has 7 saturated carbocycles. The Bertz CT molecular complexity index is 1190. The summed E-state index contributed by atoms with van der Waals surface area (Å²) in [6.07, 6.45) is 11.0. The number of rotatable bonds is 12. The number of aliphatic hydroxyl groups is 1. The summed E-state index contributed by atoms with van der Waals surface area (Å²) in [6.45, 7) is 5.78. The lowest BCUT2D eigenvalue weighted by Crippen LogP contribution is -2.60. The Hall–Kier alpha value is -2.16. The fraction of sp³-hybridized carbons (Fsp3) is 0.889. The van der Waals surface area contributed by atoms with Crippen LogP contribution in [0.15, 0.2) is 0 Å². The number of fused-ring (bicyclic) bond motifs is 1. The minimum atomic E-state index is -0.735. The van der Waals surface area contributed by atoms with E-state index in [0.29, 0.717) is 31.1 Å². The van der Waals surface area contributed by atoms with Gasteiger partial charge in [0.25, 0.3) is 0 Å². The molecule has 45 heavy (non-hydrogen) atoms. The SMILES string of the molecule is CCC(CC(CC(C)C(=O)OC12CC3CC(CC(O)(C3)C1)C2)C(=O)OC1(CC)CCCC1)C(=O)OC1C2CC3C(=O)OC1C3C2. The Kier molecular flexibility index (Phi) is 8.05. The molecule has 10 atom stereocenters. The Morgan fingerprint density at radius 1 is 0.911 bits per heavy atom. The summed E-state index contributed by atoms with van der Waals surface area (Å²) >= 11 is 0. The van der Waals surface area contributed by atoms with Crippen molar-refractivity contribution in [2.24, 2.45) is 47.3 Å². The Labute approximate surface area is 266 Å². The molecule has 8 rings (SSSR count). The van der Waals surface area contributed by atoms with Gasteiger partial charge in [-0.25, -0.2) is 0 Å². The van der Waals surface area contributed by atoms with Crippen LogP contribution in [0, 0.1) is 47.3 Å². The first-order valence-electron chi connectivity index (χ1n) is 18.0. The van der Waals surface area contributed by atoms with Crippen LogP contribution in [-0.4, -0.2) is 58.0 Å². The Morgan fingerprint density at radius 3 is 2.27 bits per heavy atom. The molecule has 9 nitrogen and oxygen atoms in total. The van der Waals surface area contributed by atoms with Crippen molar-refractivity contribution in [3.63, 3.8) is 0 Å². The largest absolute Gasteiger partial charge is 0.459 e. The molecule has 1 N–H and O–H groups in total. The van der Waals surface area contributed by atoms with E-state index in [1.165, 1.54) is 0 Å². The molecule has 1 heterocycles. The lowest BCUT2D eigenvalue weighted by atomic mass is 9.52. The van der Waals surface area contributed by atoms with Gasteiger partial charge >= 0.3 is 23.9 Å². The first-order chi connectivity index (χ1) is 21.4. The number of ether oxygens (including phenoxy) is 4. The maximum Gasteiger partial charge on any atom is 0.309 e. The van der Waals surface area contributed by atoms with Crippen LogP contribution in [0.5, 0.6) is 0 Å². The molecule has 250 valence electrons. The Balaban J connectivity index is 1.04. The lowest BCUT2D eigenvalue weighted by molar-refractivity contribution is -0.222. The molecule has 7 aliphatic carbocycles. The average molecular weight is 629 g/mol. The number of hydrogen-bond acceptors (Lipinski definition) is 9. The highest BCUT2D eigenvalue weighted by atomic mass is 16.6. The normalized spacial score (nSPS) is 41.9. The van der Waals surface area contributed by atoms with Crippen molar-refractivity contribution in [3.8, 4) is 0 Å². The summed E-state index contributed by atoms with van der Waals surface area (Å²) in [5, 5.41) is 11.2. The maximum atomic E-state index is 13.9. The third-order valence-electron chi connectivity index (χ3n) is 13.2. The smallest absolute Gasteiger partial charge is 0.309 e. The van der Waals surface area contributed by atoms with Crippen molar-refractivity contribution in [1.29, 1.82) is 0 Å². The van der Waals surface area contributed by atoms with Crippen LogP contribution in [0.4, 0.5) is 0 Å². The van der Waals surface area contributed by atoms with Gasteiger partial charge in [-0.05, 0) is 108 Å². The fourth-order valence-electron chi connectivity index (χ4n) is 11.3. The first-order valence-corrected chi connectivity index (χ1v) is 18.0. The molecule has 0 spiro atoms. The summed E-state index contributed by atoms with van der Waals surface area (Å²) < 4.78 is 24.2. The molecular weight excluding hydrogens is 576 g/mol. The van der Waals surface area contributed by atoms with Crippen LogP contribution in [0.25, 0.3) is 0 Å². The standard InChI is InChI=1S/C36H52O9/c1-4-23(31(38)42-28-24-13-26-27(14-24)33(40)43-29(26)28)12-25(32(39)45-35(5-2)8-6-7-9-35)10-20(3)30(37)44-36-17-21-11-22(18-36)16-34(41,15-21)19-36/h20-29,41H,4-19H2,1-3H3. The lowest BCUT2D eigenvalue weighted by Gasteiger charge is -2.59. The van der Waals surface area contributed by atoms with Crippen LogP contribution in [0.1, 0.15) is 124 Å². The minimum Gasteiger partial charge on any atom is -0.459 e. The van der Waals surface area contributed by atoms with Gasteiger partial charge in [0, 0.05) is 18.3 Å². The molecule has 8 fully saturated rings. The number of hydrogen-bond donors (Lipinski definition) is 1. The number of carbonyl (C=O) groups is 4. The van der Waals surface area contributed by atoms with Crippen LogP contribution in [0.2, 0.25) is 0 Å². The zero-order valence-corrected chi connectivity index (χ0v) is 27.3. The van der Waals surface area contributed by atoms with E-state index in [-0.39, 0.29) is 60.6 Å². The van der Waals surface area contributed by atoms with E-state index < -0.39 is 40.7 Å². The van der Waals surface area contributed by atoms with E-state index in [1.54, 1.807) is 0 Å². The van der Waals surface area contributed by atoms with Crippen molar-refractivity contribution >= 4 is 23.9 Å². The summed E-state index contributed by atoms with van der Waals surface area (Å²) in [5.41, 5.74) is -1.84. The zero-order chi connectivity index (χ0) is 31.7. The van der Waals surface area contributed by atoms with Crippen molar-refractivity contribution < 1.29 is 43.2 Å². The van der Waals surface area contributed by atoms with Crippen LogP contribution >= 0.6 is 0 Å². The molecule has 6 bridgehead atoms. The molecule has 0 radical (unpaired) electrons. The number of carbonyl (C=O) groups excluding carboxylic acids is 4. The van der Waals surface area contributed by atoms with E-state index in [0.717, 1.165) is 70.6 Å². The van der Waals surface area contributed by atoms with Crippen LogP contribution in [0.3, 0.4) is 0 Å². The average Bonchev–Trinajstić information content (AvgIpc) is 3.73. The van der Waals surface area contributed by atoms with Gasteiger partial charge in [-0.1, -0.05) is 20.8 Å². The second-order valence-corrected chi connectivity index (χ2v) is 16.4. The summed E-state index contributed by atoms with van der Waals surface area (Å²) in [5.74, 6) is -1.98. The van der Waals surface area contributed by atoms with Gasteiger partial charge in [-0.2, -0.15) is 0 Å². The van der Waals surface area contributed by atoms with E-state index in [9.17, 15) is 24.3 Å². The molecule has 0 aromatic carbocycles. The first kappa shape index (κ1) is 31.4. The van der Waals surface area contributed by atoms with Crippen molar-refractivity contribution in [1.82, 2.24) is 0 Å². The highest BCUT2D eigenvalue weighted by Gasteiger charge is 2.63. The van der Waals surface area contributed by atoms with Crippen molar-refractivity contribution in [2.75, 3.05) is 0 Å². The van der Waals surface area contributed by atoms with Gasteiger partial charge in [-0.3, -0.25) is 19.2 Å². The minimum absolute atomic E-state index is 0.0554. The van der Waals surface area contributed by atoms with E-state index in [4.69, 9.17) is 18.9 Å². The van der Waals surface area contributed by atoms with Crippen LogP contribution < -0.4 is 0 Å². The van der Waals surface area contributed by atoms with E-state index in [1.807, 2.05) is 13.8 Å². The highest BCUT2D eigenvalue weighted by molar-refractivity contribution is 5.79. The van der Waals surface area contributed by atoms with Gasteiger partial charge in [0.05, 0.1) is 29.3 Å². The second-order valence-electron chi connectivity index (χ2n) is 16.4. The molecular formula is C36H52O9. The molecule has 9 heteroatoms. The fourth-order valence-corrected chi connectivity index (χ4v) is 11.3. The van der Waals surface area contributed by atoms with Gasteiger partial charge in [-0.15, -0.1) is 0 Å². The van der Waals surface area contributed by atoms with Crippen molar-refractivity contribution in [3.05, 3.63) is 0 Å². The molecule has 0 aromatic rings. The van der Waals surface area contributed by atoms with Crippen LogP contribution in [-0.2, 0) is 38.1 Å². The predicted octanol–water partition coefficient (Wildman–Crippen LogP) is 5.43. The maximum absolute atomic E-state index is 13.9. The topological polar surface area (TPSA) is 125 Å². The van der Waals surface area contributed by atoms with Crippen molar-refractivity contribution in [2.45, 2.75) is 153 Å². The second kappa shape index (κ2) is 11.5. The predicted molar refractivity (Wildman–Crippen MR) is 161 cm³/mol. The van der Waals surface area contributed by atoms with Gasteiger partial charge < -0.3 is 24.1 Å². The monoisotopic (exact) mass is 628 g/mol. The van der Waals surface area contributed by atoms with E-state index in [2.05, 4.69) is 6.92 Å². The number of esters is 4.